The monoisotopic (exact) mass is 374 g/mol. The third-order valence-corrected chi connectivity index (χ3v) is 4.82. The molecule has 6 nitrogen and oxygen atoms in total. The number of nitrogens with one attached hydrogen (secondary N) is 1. The fourth-order valence-corrected chi connectivity index (χ4v) is 3.10. The van der Waals surface area contributed by atoms with E-state index >= 15 is 0 Å². The van der Waals surface area contributed by atoms with Gasteiger partial charge >= 0.3 is 6.18 Å². The number of amides is 1. The molecule has 1 N–H and O–H groups in total. The second-order valence-corrected chi connectivity index (χ2v) is 7.05. The zero-order valence-electron chi connectivity index (χ0n) is 14.9. The summed E-state index contributed by atoms with van der Waals surface area (Å²) in [6, 6.07) is 1.13. The molecule has 0 bridgehead atoms. The van der Waals surface area contributed by atoms with Crippen molar-refractivity contribution >= 4 is 5.91 Å². The standard InChI is InChI=1S/C17H25F3N4O2/c1-12(16(25)21-4-5-23-6-8-26-9-7-23)11-24-14(13-2-3-13)10-15(22-24)17(18,19)20/h10,12-13H,2-9,11H2,1H3,(H,21,25). The van der Waals surface area contributed by atoms with Crippen LogP contribution in [0.3, 0.4) is 0 Å². The minimum atomic E-state index is -4.46. The van der Waals surface area contributed by atoms with Crippen molar-refractivity contribution in [3.8, 4) is 0 Å². The summed E-state index contributed by atoms with van der Waals surface area (Å²) in [4.78, 5) is 14.5. The Balaban J connectivity index is 1.52. The molecule has 1 amide bonds. The number of hydrogen-bond donors (Lipinski definition) is 1. The molecule has 1 atom stereocenters. The summed E-state index contributed by atoms with van der Waals surface area (Å²) in [5.74, 6) is -0.475. The van der Waals surface area contributed by atoms with Gasteiger partial charge in [0.2, 0.25) is 5.91 Å². The third-order valence-electron chi connectivity index (χ3n) is 4.82. The van der Waals surface area contributed by atoms with Crippen LogP contribution in [0, 0.1) is 5.92 Å². The van der Waals surface area contributed by atoms with Gasteiger partial charge in [-0.25, -0.2) is 0 Å². The maximum absolute atomic E-state index is 12.9. The van der Waals surface area contributed by atoms with Crippen LogP contribution in [0.15, 0.2) is 6.07 Å². The van der Waals surface area contributed by atoms with Crippen LogP contribution in [0.1, 0.15) is 37.1 Å². The maximum Gasteiger partial charge on any atom is 0.435 e. The Morgan fingerprint density at radius 1 is 1.38 bits per heavy atom. The normalized spacial score (nSPS) is 20.2. The van der Waals surface area contributed by atoms with Crippen LogP contribution >= 0.6 is 0 Å². The van der Waals surface area contributed by atoms with E-state index in [-0.39, 0.29) is 18.4 Å². The van der Waals surface area contributed by atoms with Crippen molar-refractivity contribution < 1.29 is 22.7 Å². The van der Waals surface area contributed by atoms with E-state index in [1.807, 2.05) is 0 Å². The van der Waals surface area contributed by atoms with Crippen molar-refractivity contribution in [2.75, 3.05) is 39.4 Å². The molecule has 0 aromatic carbocycles. The van der Waals surface area contributed by atoms with Crippen LogP contribution in [-0.2, 0) is 22.3 Å². The van der Waals surface area contributed by atoms with Gasteiger partial charge in [-0.1, -0.05) is 6.92 Å². The number of hydrogen-bond acceptors (Lipinski definition) is 4. The Morgan fingerprint density at radius 2 is 2.08 bits per heavy atom. The highest BCUT2D eigenvalue weighted by Crippen LogP contribution is 2.42. The van der Waals surface area contributed by atoms with Crippen molar-refractivity contribution in [3.63, 3.8) is 0 Å². The number of aromatic nitrogens is 2. The molecule has 0 radical (unpaired) electrons. The number of ether oxygens (including phenoxy) is 1. The number of rotatable bonds is 7. The average Bonchev–Trinajstić information content (AvgIpc) is 3.35. The van der Waals surface area contributed by atoms with Gasteiger partial charge in [0.25, 0.3) is 0 Å². The number of morpholine rings is 1. The maximum atomic E-state index is 12.9. The van der Waals surface area contributed by atoms with E-state index in [1.54, 1.807) is 6.92 Å². The second kappa shape index (κ2) is 7.96. The van der Waals surface area contributed by atoms with E-state index in [4.69, 9.17) is 4.74 Å². The molecule has 0 spiro atoms. The molecule has 2 fully saturated rings. The van der Waals surface area contributed by atoms with E-state index in [0.29, 0.717) is 25.5 Å². The van der Waals surface area contributed by atoms with Crippen LogP contribution in [0.25, 0.3) is 0 Å². The zero-order valence-corrected chi connectivity index (χ0v) is 14.9. The lowest BCUT2D eigenvalue weighted by Gasteiger charge is -2.26. The predicted molar refractivity (Wildman–Crippen MR) is 88.6 cm³/mol. The van der Waals surface area contributed by atoms with Crippen molar-refractivity contribution in [1.29, 1.82) is 0 Å². The lowest BCUT2D eigenvalue weighted by atomic mass is 10.1. The quantitative estimate of drug-likeness (QED) is 0.792. The van der Waals surface area contributed by atoms with Crippen molar-refractivity contribution in [2.45, 2.75) is 38.4 Å². The van der Waals surface area contributed by atoms with Crippen molar-refractivity contribution in [3.05, 3.63) is 17.5 Å². The molecule has 1 aliphatic carbocycles. The molecule has 9 heteroatoms. The first-order chi connectivity index (χ1) is 12.3. The number of carbonyl (C=O) groups is 1. The zero-order chi connectivity index (χ0) is 18.7. The molecular formula is C17H25F3N4O2. The van der Waals surface area contributed by atoms with Gasteiger partial charge in [0.1, 0.15) is 0 Å². The van der Waals surface area contributed by atoms with Gasteiger partial charge in [0, 0.05) is 37.8 Å². The molecule has 2 aliphatic rings. The molecule has 1 saturated heterocycles. The largest absolute Gasteiger partial charge is 0.435 e. The highest BCUT2D eigenvalue weighted by molar-refractivity contribution is 5.78. The number of nitrogens with zero attached hydrogens (tertiary/aromatic N) is 3. The molecule has 146 valence electrons. The summed E-state index contributed by atoms with van der Waals surface area (Å²) in [5, 5.41) is 6.57. The summed E-state index contributed by atoms with van der Waals surface area (Å²) < 4.78 is 45.4. The molecule has 1 aromatic heterocycles. The van der Waals surface area contributed by atoms with E-state index in [1.165, 1.54) is 4.68 Å². The predicted octanol–water partition coefficient (Wildman–Crippen LogP) is 1.86. The molecule has 1 saturated carbocycles. The molecule has 1 aromatic rings. The Labute approximate surface area is 150 Å². The Bertz CT molecular complexity index is 622. The summed E-state index contributed by atoms with van der Waals surface area (Å²) >= 11 is 0. The van der Waals surface area contributed by atoms with E-state index < -0.39 is 17.8 Å². The average molecular weight is 374 g/mol. The van der Waals surface area contributed by atoms with E-state index in [0.717, 1.165) is 38.5 Å². The Morgan fingerprint density at radius 3 is 2.69 bits per heavy atom. The number of carbonyl (C=O) groups excluding carboxylic acids is 1. The Kier molecular flexibility index (Phi) is 5.86. The van der Waals surface area contributed by atoms with Gasteiger partial charge < -0.3 is 10.1 Å². The van der Waals surface area contributed by atoms with Crippen LogP contribution in [-0.4, -0.2) is 60.0 Å². The molecule has 26 heavy (non-hydrogen) atoms. The highest BCUT2D eigenvalue weighted by atomic mass is 19.4. The van der Waals surface area contributed by atoms with Gasteiger partial charge in [0.05, 0.1) is 25.7 Å². The fourth-order valence-electron chi connectivity index (χ4n) is 3.10. The molecule has 1 aliphatic heterocycles. The molecule has 1 unspecified atom stereocenters. The second-order valence-electron chi connectivity index (χ2n) is 7.05. The van der Waals surface area contributed by atoms with E-state index in [2.05, 4.69) is 15.3 Å². The highest BCUT2D eigenvalue weighted by Gasteiger charge is 2.38. The SMILES string of the molecule is CC(Cn1nc(C(F)(F)F)cc1C1CC1)C(=O)NCCN1CCOCC1. The molecule has 2 heterocycles. The Hall–Kier alpha value is -1.61. The van der Waals surface area contributed by atoms with Crippen molar-refractivity contribution in [2.24, 2.45) is 5.92 Å². The van der Waals surface area contributed by atoms with Crippen molar-refractivity contribution in [1.82, 2.24) is 20.0 Å². The first-order valence-corrected chi connectivity index (χ1v) is 9.07. The first kappa shape index (κ1) is 19.2. The number of halogens is 3. The van der Waals surface area contributed by atoms with Crippen LogP contribution in [0.2, 0.25) is 0 Å². The lowest BCUT2D eigenvalue weighted by molar-refractivity contribution is -0.141. The minimum absolute atomic E-state index is 0.134. The van der Waals surface area contributed by atoms with Crippen LogP contribution in [0.4, 0.5) is 13.2 Å². The molecular weight excluding hydrogens is 349 g/mol. The van der Waals surface area contributed by atoms with Crippen LogP contribution < -0.4 is 5.32 Å². The van der Waals surface area contributed by atoms with Gasteiger partial charge in [0.15, 0.2) is 5.69 Å². The number of alkyl halides is 3. The summed E-state index contributed by atoms with van der Waals surface area (Å²) in [7, 11) is 0. The smallest absolute Gasteiger partial charge is 0.379 e. The minimum Gasteiger partial charge on any atom is -0.379 e. The fraction of sp³-hybridized carbons (Fsp3) is 0.765. The van der Waals surface area contributed by atoms with Gasteiger partial charge in [-0.3, -0.25) is 14.4 Å². The summed E-state index contributed by atoms with van der Waals surface area (Å²) in [6.45, 7) is 6.25. The molecule has 3 rings (SSSR count). The lowest BCUT2D eigenvalue weighted by Crippen LogP contribution is -2.42. The van der Waals surface area contributed by atoms with Gasteiger partial charge in [-0.2, -0.15) is 18.3 Å². The summed E-state index contributed by atoms with van der Waals surface area (Å²) in [6.07, 6.45) is -2.70. The third kappa shape index (κ3) is 4.97. The van der Waals surface area contributed by atoms with Crippen LogP contribution in [0.5, 0.6) is 0 Å². The van der Waals surface area contributed by atoms with Gasteiger partial charge in [-0.15, -0.1) is 0 Å². The van der Waals surface area contributed by atoms with E-state index in [9.17, 15) is 18.0 Å². The first-order valence-electron chi connectivity index (χ1n) is 9.07. The van der Waals surface area contributed by atoms with Gasteiger partial charge in [-0.05, 0) is 18.9 Å². The topological polar surface area (TPSA) is 59.4 Å². The summed E-state index contributed by atoms with van der Waals surface area (Å²) in [5.41, 5.74) is -0.287.